The Labute approximate surface area is 199 Å². The lowest BCUT2D eigenvalue weighted by Gasteiger charge is -2.42. The van der Waals surface area contributed by atoms with Crippen LogP contribution in [0.4, 0.5) is 0 Å². The van der Waals surface area contributed by atoms with Crippen LogP contribution in [0.5, 0.6) is 5.75 Å². The number of hydrogen-bond donors (Lipinski definition) is 0. The minimum absolute atomic E-state index is 0.139. The van der Waals surface area contributed by atoms with Crippen molar-refractivity contribution >= 4 is 5.91 Å². The van der Waals surface area contributed by atoms with Gasteiger partial charge in [0.1, 0.15) is 11.9 Å². The molecule has 0 aliphatic carbocycles. The maximum Gasteiger partial charge on any atom is 0.254 e. The van der Waals surface area contributed by atoms with E-state index >= 15 is 0 Å². The molecule has 1 amide bonds. The zero-order chi connectivity index (χ0) is 23.2. The molecule has 0 radical (unpaired) electrons. The highest BCUT2D eigenvalue weighted by molar-refractivity contribution is 5.94. The smallest absolute Gasteiger partial charge is 0.254 e. The van der Waals surface area contributed by atoms with E-state index in [1.807, 2.05) is 24.3 Å². The zero-order valence-corrected chi connectivity index (χ0v) is 20.5. The summed E-state index contributed by atoms with van der Waals surface area (Å²) < 4.78 is 6.26. The molecule has 5 nitrogen and oxygen atoms in total. The SMILES string of the molecule is CC(C)[C@H]1CN(C)CCN1C(=O)c1ccc(OC2CCN(CCc3ccccc3)CC2)cc1. The van der Waals surface area contributed by atoms with Crippen LogP contribution in [0.15, 0.2) is 54.6 Å². The van der Waals surface area contributed by atoms with Crippen molar-refractivity contribution in [1.29, 1.82) is 0 Å². The normalized spacial score (nSPS) is 20.8. The molecule has 2 aliphatic heterocycles. The van der Waals surface area contributed by atoms with E-state index in [1.165, 1.54) is 5.56 Å². The molecule has 2 aliphatic rings. The Morgan fingerprint density at radius 2 is 1.67 bits per heavy atom. The second-order valence-electron chi connectivity index (χ2n) is 9.99. The molecule has 178 valence electrons. The molecule has 0 aromatic heterocycles. The number of amides is 1. The van der Waals surface area contributed by atoms with E-state index in [0.717, 1.165) is 69.8 Å². The van der Waals surface area contributed by atoms with E-state index in [1.54, 1.807) is 0 Å². The first-order valence-electron chi connectivity index (χ1n) is 12.5. The van der Waals surface area contributed by atoms with Gasteiger partial charge in [0.25, 0.3) is 5.91 Å². The van der Waals surface area contributed by atoms with Gasteiger partial charge >= 0.3 is 0 Å². The van der Waals surface area contributed by atoms with Gasteiger partial charge in [-0.2, -0.15) is 0 Å². The van der Waals surface area contributed by atoms with Gasteiger partial charge in [0.15, 0.2) is 0 Å². The third-order valence-corrected chi connectivity index (χ3v) is 7.15. The Hall–Kier alpha value is -2.37. The molecule has 0 saturated carbocycles. The minimum Gasteiger partial charge on any atom is -0.490 e. The second kappa shape index (κ2) is 11.2. The molecule has 0 bridgehead atoms. The maximum absolute atomic E-state index is 13.2. The monoisotopic (exact) mass is 449 g/mol. The first-order valence-corrected chi connectivity index (χ1v) is 12.5. The molecular formula is C28H39N3O2. The maximum atomic E-state index is 13.2. The van der Waals surface area contributed by atoms with Crippen LogP contribution in [-0.2, 0) is 6.42 Å². The van der Waals surface area contributed by atoms with Crippen molar-refractivity contribution in [3.63, 3.8) is 0 Å². The summed E-state index contributed by atoms with van der Waals surface area (Å²) in [6, 6.07) is 18.8. The van der Waals surface area contributed by atoms with Crippen LogP contribution in [0.1, 0.15) is 42.6 Å². The molecule has 4 rings (SSSR count). The highest BCUT2D eigenvalue weighted by Crippen LogP contribution is 2.23. The average molecular weight is 450 g/mol. The van der Waals surface area contributed by atoms with Gasteiger partial charge in [-0.05, 0) is 62.1 Å². The lowest BCUT2D eigenvalue weighted by atomic mass is 9.98. The average Bonchev–Trinajstić information content (AvgIpc) is 2.84. The second-order valence-corrected chi connectivity index (χ2v) is 9.99. The summed E-state index contributed by atoms with van der Waals surface area (Å²) in [5.41, 5.74) is 2.16. The van der Waals surface area contributed by atoms with Gasteiger partial charge in [-0.1, -0.05) is 44.2 Å². The van der Waals surface area contributed by atoms with Gasteiger partial charge in [-0.25, -0.2) is 0 Å². The van der Waals surface area contributed by atoms with Crippen molar-refractivity contribution in [2.45, 2.75) is 45.3 Å². The molecule has 0 spiro atoms. The van der Waals surface area contributed by atoms with Crippen LogP contribution in [0.25, 0.3) is 0 Å². The van der Waals surface area contributed by atoms with Crippen molar-refractivity contribution in [2.24, 2.45) is 5.92 Å². The van der Waals surface area contributed by atoms with Gasteiger partial charge in [0.05, 0.1) is 0 Å². The number of piperidine rings is 1. The molecule has 2 aromatic rings. The predicted octanol–water partition coefficient (Wildman–Crippen LogP) is 4.18. The lowest BCUT2D eigenvalue weighted by molar-refractivity contribution is 0.0402. The van der Waals surface area contributed by atoms with Gasteiger partial charge < -0.3 is 19.4 Å². The Kier molecular flexibility index (Phi) is 8.05. The van der Waals surface area contributed by atoms with E-state index in [-0.39, 0.29) is 18.1 Å². The Bertz CT molecular complexity index is 876. The minimum atomic E-state index is 0.139. The topological polar surface area (TPSA) is 36.0 Å². The predicted molar refractivity (Wildman–Crippen MR) is 134 cm³/mol. The number of benzene rings is 2. The highest BCUT2D eigenvalue weighted by atomic mass is 16.5. The number of piperazine rings is 1. The number of rotatable bonds is 7. The third kappa shape index (κ3) is 6.36. The summed E-state index contributed by atoms with van der Waals surface area (Å²) in [6.45, 7) is 10.3. The van der Waals surface area contributed by atoms with E-state index in [4.69, 9.17) is 4.74 Å². The van der Waals surface area contributed by atoms with Crippen LogP contribution in [0.3, 0.4) is 0 Å². The van der Waals surface area contributed by atoms with Crippen molar-refractivity contribution in [3.05, 3.63) is 65.7 Å². The quantitative estimate of drug-likeness (QED) is 0.635. The van der Waals surface area contributed by atoms with Gasteiger partial charge in [-0.3, -0.25) is 4.79 Å². The van der Waals surface area contributed by atoms with E-state index in [2.05, 4.69) is 65.9 Å². The summed E-state index contributed by atoms with van der Waals surface area (Å²) >= 11 is 0. The number of carbonyl (C=O) groups is 1. The first kappa shape index (κ1) is 23.8. The van der Waals surface area contributed by atoms with E-state index < -0.39 is 0 Å². The number of carbonyl (C=O) groups excluding carboxylic acids is 1. The Morgan fingerprint density at radius 3 is 2.33 bits per heavy atom. The fourth-order valence-electron chi connectivity index (χ4n) is 4.99. The molecule has 33 heavy (non-hydrogen) atoms. The molecular weight excluding hydrogens is 410 g/mol. The molecule has 0 N–H and O–H groups in total. The van der Waals surface area contributed by atoms with Crippen LogP contribution >= 0.6 is 0 Å². The molecule has 2 fully saturated rings. The van der Waals surface area contributed by atoms with Crippen LogP contribution in [-0.4, -0.2) is 79.1 Å². The lowest BCUT2D eigenvalue weighted by Crippen LogP contribution is -2.56. The van der Waals surface area contributed by atoms with E-state index in [9.17, 15) is 4.79 Å². The molecule has 5 heteroatoms. The van der Waals surface area contributed by atoms with Crippen LogP contribution in [0.2, 0.25) is 0 Å². The Morgan fingerprint density at radius 1 is 0.970 bits per heavy atom. The summed E-state index contributed by atoms with van der Waals surface area (Å²) in [5, 5.41) is 0. The standard InChI is InChI=1S/C28H39N3O2/c1-22(2)27-21-29(3)19-20-31(27)28(32)24-9-11-25(12-10-24)33-26-14-17-30(18-15-26)16-13-23-7-5-4-6-8-23/h4-12,22,26-27H,13-21H2,1-3H3/t27-/m1/s1. The van der Waals surface area contributed by atoms with Crippen molar-refractivity contribution in [3.8, 4) is 5.75 Å². The Balaban J connectivity index is 1.25. The van der Waals surface area contributed by atoms with Crippen LogP contribution < -0.4 is 4.74 Å². The molecule has 1 atom stereocenters. The summed E-state index contributed by atoms with van der Waals surface area (Å²) in [4.78, 5) is 20.1. The number of likely N-dealkylation sites (tertiary alicyclic amines) is 1. The largest absolute Gasteiger partial charge is 0.490 e. The van der Waals surface area contributed by atoms with Crippen LogP contribution in [0, 0.1) is 5.92 Å². The summed E-state index contributed by atoms with van der Waals surface area (Å²) in [7, 11) is 2.14. The number of ether oxygens (including phenoxy) is 1. The van der Waals surface area contributed by atoms with Gasteiger partial charge in [0.2, 0.25) is 0 Å². The summed E-state index contributed by atoms with van der Waals surface area (Å²) in [5.74, 6) is 1.45. The summed E-state index contributed by atoms with van der Waals surface area (Å²) in [6.07, 6.45) is 3.45. The van der Waals surface area contributed by atoms with E-state index in [0.29, 0.717) is 5.92 Å². The highest BCUT2D eigenvalue weighted by Gasteiger charge is 2.31. The number of nitrogens with zero attached hydrogens (tertiary/aromatic N) is 3. The van der Waals surface area contributed by atoms with Crippen molar-refractivity contribution in [2.75, 3.05) is 46.3 Å². The van der Waals surface area contributed by atoms with Crippen molar-refractivity contribution < 1.29 is 9.53 Å². The molecule has 2 aromatic carbocycles. The fraction of sp³-hybridized carbons (Fsp3) is 0.536. The third-order valence-electron chi connectivity index (χ3n) is 7.15. The molecule has 2 saturated heterocycles. The molecule has 0 unspecified atom stereocenters. The number of likely N-dealkylation sites (N-methyl/N-ethyl adjacent to an activating group) is 1. The van der Waals surface area contributed by atoms with Crippen molar-refractivity contribution in [1.82, 2.24) is 14.7 Å². The first-order chi connectivity index (χ1) is 16.0. The van der Waals surface area contributed by atoms with Gasteiger partial charge in [0, 0.05) is 50.9 Å². The fourth-order valence-corrected chi connectivity index (χ4v) is 4.99. The van der Waals surface area contributed by atoms with Gasteiger partial charge in [-0.15, -0.1) is 0 Å². The number of hydrogen-bond acceptors (Lipinski definition) is 4. The zero-order valence-electron chi connectivity index (χ0n) is 20.5. The molecule has 2 heterocycles.